The van der Waals surface area contributed by atoms with Crippen LogP contribution in [0.5, 0.6) is 5.88 Å². The molecule has 1 N–H and O–H groups in total. The maximum Gasteiger partial charge on any atom is 0.234 e. The molecule has 1 saturated carbocycles. The van der Waals surface area contributed by atoms with Crippen molar-refractivity contribution in [3.8, 4) is 5.88 Å². The molecule has 140 valence electrons. The highest BCUT2D eigenvalue weighted by Crippen LogP contribution is 2.23. The summed E-state index contributed by atoms with van der Waals surface area (Å²) in [6, 6.07) is 5.33. The molecule has 0 aliphatic heterocycles. The van der Waals surface area contributed by atoms with E-state index in [4.69, 9.17) is 4.74 Å². The molecule has 26 heavy (non-hydrogen) atoms. The molecule has 0 spiro atoms. The first-order chi connectivity index (χ1) is 12.4. The Balaban J connectivity index is 1.62. The van der Waals surface area contributed by atoms with E-state index in [9.17, 15) is 8.42 Å². The maximum atomic E-state index is 11.7. The predicted octanol–water partition coefficient (Wildman–Crippen LogP) is 3.51. The molecule has 1 aromatic heterocycles. The number of aryl methyl sites for hydroxylation is 1. The van der Waals surface area contributed by atoms with E-state index in [0.717, 1.165) is 24.0 Å². The molecule has 3 rings (SSSR count). The second-order valence-corrected chi connectivity index (χ2v) is 8.83. The van der Waals surface area contributed by atoms with Crippen molar-refractivity contribution in [2.24, 2.45) is 0 Å². The molecule has 6 nitrogen and oxygen atoms in total. The van der Waals surface area contributed by atoms with Crippen molar-refractivity contribution < 1.29 is 13.2 Å². The van der Waals surface area contributed by atoms with Crippen LogP contribution < -0.4 is 10.1 Å². The van der Waals surface area contributed by atoms with Crippen LogP contribution in [0.3, 0.4) is 0 Å². The minimum atomic E-state index is -3.20. The molecule has 2 aromatic rings. The second kappa shape index (κ2) is 8.03. The van der Waals surface area contributed by atoms with Gasteiger partial charge in [-0.05, 0) is 49.8 Å². The smallest absolute Gasteiger partial charge is 0.234 e. The zero-order valence-electron chi connectivity index (χ0n) is 15.2. The highest BCUT2D eigenvalue weighted by molar-refractivity contribution is 7.90. The standard InChI is InChI=1S/C19H25N3O3S/c1-14-10-15(8-9-17(14)26(2,23)24)11-21-18-12-20-13-19(22-18)25-16-6-4-3-5-7-16/h8-10,12-13,16H,3-7,11H2,1-2H3,(H,21,22). The van der Waals surface area contributed by atoms with Crippen LogP contribution in [0.15, 0.2) is 35.5 Å². The van der Waals surface area contributed by atoms with Gasteiger partial charge >= 0.3 is 0 Å². The van der Waals surface area contributed by atoms with Crippen molar-refractivity contribution in [2.45, 2.75) is 56.6 Å². The van der Waals surface area contributed by atoms with Gasteiger partial charge in [0, 0.05) is 12.8 Å². The molecule has 0 atom stereocenters. The van der Waals surface area contributed by atoms with Crippen molar-refractivity contribution in [3.63, 3.8) is 0 Å². The Morgan fingerprint density at radius 1 is 1.19 bits per heavy atom. The third-order valence-corrected chi connectivity index (χ3v) is 5.82. The van der Waals surface area contributed by atoms with Crippen LogP contribution in [0, 0.1) is 6.92 Å². The van der Waals surface area contributed by atoms with Gasteiger partial charge in [0.15, 0.2) is 9.84 Å². The number of benzene rings is 1. The summed E-state index contributed by atoms with van der Waals surface area (Å²) in [5.74, 6) is 1.19. The van der Waals surface area contributed by atoms with Crippen molar-refractivity contribution in [1.82, 2.24) is 9.97 Å². The quantitative estimate of drug-likeness (QED) is 0.832. The Labute approximate surface area is 154 Å². The third kappa shape index (κ3) is 4.94. The number of hydrogen-bond acceptors (Lipinski definition) is 6. The van der Waals surface area contributed by atoms with Crippen molar-refractivity contribution in [3.05, 3.63) is 41.7 Å². The van der Waals surface area contributed by atoms with Crippen LogP contribution in [-0.2, 0) is 16.4 Å². The molecule has 0 unspecified atom stereocenters. The normalized spacial score (nSPS) is 15.6. The number of nitrogens with one attached hydrogen (secondary N) is 1. The fourth-order valence-corrected chi connectivity index (χ4v) is 4.23. The highest BCUT2D eigenvalue weighted by Gasteiger charge is 2.16. The van der Waals surface area contributed by atoms with E-state index in [-0.39, 0.29) is 6.10 Å². The molecule has 1 heterocycles. The van der Waals surface area contributed by atoms with E-state index in [1.165, 1.54) is 25.5 Å². The van der Waals surface area contributed by atoms with Crippen LogP contribution in [0.2, 0.25) is 0 Å². The average molecular weight is 375 g/mol. The van der Waals surface area contributed by atoms with Crippen molar-refractivity contribution in [2.75, 3.05) is 11.6 Å². The minimum Gasteiger partial charge on any atom is -0.473 e. The Morgan fingerprint density at radius 3 is 2.65 bits per heavy atom. The third-order valence-electron chi connectivity index (χ3n) is 4.56. The van der Waals surface area contributed by atoms with E-state index >= 15 is 0 Å². The summed E-state index contributed by atoms with van der Waals surface area (Å²) in [4.78, 5) is 9.03. The molecule has 0 amide bonds. The summed E-state index contributed by atoms with van der Waals surface area (Å²) in [6.45, 7) is 2.34. The number of sulfone groups is 1. The Hall–Kier alpha value is -2.15. The lowest BCUT2D eigenvalue weighted by molar-refractivity contribution is 0.148. The van der Waals surface area contributed by atoms with Crippen molar-refractivity contribution in [1.29, 1.82) is 0 Å². The number of ether oxygens (including phenoxy) is 1. The molecule has 1 aliphatic carbocycles. The lowest BCUT2D eigenvalue weighted by Crippen LogP contribution is -2.20. The lowest BCUT2D eigenvalue weighted by atomic mass is 9.98. The largest absolute Gasteiger partial charge is 0.473 e. The Morgan fingerprint density at radius 2 is 1.96 bits per heavy atom. The molecule has 0 saturated heterocycles. The highest BCUT2D eigenvalue weighted by atomic mass is 32.2. The molecule has 1 aliphatic rings. The Kier molecular flexibility index (Phi) is 5.76. The van der Waals surface area contributed by atoms with E-state index < -0.39 is 9.84 Å². The molecule has 1 fully saturated rings. The maximum absolute atomic E-state index is 11.7. The van der Waals surface area contributed by atoms with Gasteiger partial charge in [0.25, 0.3) is 0 Å². The van der Waals surface area contributed by atoms with E-state index in [2.05, 4.69) is 15.3 Å². The Bertz CT molecular complexity index is 862. The first-order valence-electron chi connectivity index (χ1n) is 8.94. The predicted molar refractivity (Wildman–Crippen MR) is 101 cm³/mol. The van der Waals surface area contributed by atoms with Gasteiger partial charge in [-0.1, -0.05) is 18.6 Å². The molecule has 0 radical (unpaired) electrons. The van der Waals surface area contributed by atoms with Crippen molar-refractivity contribution >= 4 is 15.7 Å². The van der Waals surface area contributed by atoms with Gasteiger partial charge < -0.3 is 10.1 Å². The van der Waals surface area contributed by atoms with Crippen LogP contribution in [-0.4, -0.2) is 30.7 Å². The van der Waals surface area contributed by atoms with Crippen LogP contribution in [0.1, 0.15) is 43.2 Å². The van der Waals surface area contributed by atoms with Gasteiger partial charge in [-0.15, -0.1) is 0 Å². The summed E-state index contributed by atoms with van der Waals surface area (Å²) < 4.78 is 29.3. The lowest BCUT2D eigenvalue weighted by Gasteiger charge is -2.22. The van der Waals surface area contributed by atoms with Crippen LogP contribution in [0.25, 0.3) is 0 Å². The number of hydrogen-bond donors (Lipinski definition) is 1. The molecule has 1 aromatic carbocycles. The monoisotopic (exact) mass is 375 g/mol. The molecule has 7 heteroatoms. The van der Waals surface area contributed by atoms with Crippen LogP contribution >= 0.6 is 0 Å². The number of anilines is 1. The summed E-state index contributed by atoms with van der Waals surface area (Å²) in [7, 11) is -3.20. The van der Waals surface area contributed by atoms with Crippen LogP contribution in [0.4, 0.5) is 5.82 Å². The van der Waals surface area contributed by atoms with Gasteiger partial charge in [-0.25, -0.2) is 8.42 Å². The van der Waals surface area contributed by atoms with Gasteiger partial charge in [0.1, 0.15) is 11.9 Å². The second-order valence-electron chi connectivity index (χ2n) is 6.85. The van der Waals surface area contributed by atoms with E-state index in [1.54, 1.807) is 25.4 Å². The zero-order chi connectivity index (χ0) is 18.6. The number of rotatable bonds is 6. The van der Waals surface area contributed by atoms with Gasteiger partial charge in [-0.3, -0.25) is 4.98 Å². The summed E-state index contributed by atoms with van der Waals surface area (Å²) in [6.07, 6.45) is 10.6. The van der Waals surface area contributed by atoms with Gasteiger partial charge in [0.05, 0.1) is 17.3 Å². The summed E-state index contributed by atoms with van der Waals surface area (Å²) >= 11 is 0. The first kappa shape index (κ1) is 18.6. The summed E-state index contributed by atoms with van der Waals surface area (Å²) in [5.41, 5.74) is 1.72. The fraction of sp³-hybridized carbons (Fsp3) is 0.474. The fourth-order valence-electron chi connectivity index (χ4n) is 3.27. The topological polar surface area (TPSA) is 81.2 Å². The van der Waals surface area contributed by atoms with Gasteiger partial charge in [0.2, 0.25) is 5.88 Å². The SMILES string of the molecule is Cc1cc(CNc2cncc(OC3CCCCC3)n2)ccc1S(C)(=O)=O. The van der Waals surface area contributed by atoms with Gasteiger partial charge in [-0.2, -0.15) is 4.98 Å². The molecular weight excluding hydrogens is 350 g/mol. The summed E-state index contributed by atoms with van der Waals surface area (Å²) in [5, 5.41) is 3.22. The zero-order valence-corrected chi connectivity index (χ0v) is 16.1. The number of nitrogens with zero attached hydrogens (tertiary/aromatic N) is 2. The number of aromatic nitrogens is 2. The van der Waals surface area contributed by atoms with E-state index in [1.807, 2.05) is 12.1 Å². The first-order valence-corrected chi connectivity index (χ1v) is 10.8. The average Bonchev–Trinajstić information content (AvgIpc) is 2.60. The molecule has 0 bridgehead atoms. The molecular formula is C19H25N3O3S. The minimum absolute atomic E-state index is 0.236. The van der Waals surface area contributed by atoms with E-state index in [0.29, 0.717) is 23.1 Å².